The lowest BCUT2D eigenvalue weighted by molar-refractivity contribution is 0.112. The highest BCUT2D eigenvalue weighted by molar-refractivity contribution is 6.35. The highest BCUT2D eigenvalue weighted by atomic mass is 35.5. The first-order valence-corrected chi connectivity index (χ1v) is 8.99. The lowest BCUT2D eigenvalue weighted by atomic mass is 10.2. The van der Waals surface area contributed by atoms with Crippen LogP contribution in [0.25, 0.3) is 0 Å². The summed E-state index contributed by atoms with van der Waals surface area (Å²) in [6, 6.07) is 4.38. The monoisotopic (exact) mass is 357 g/mol. The Morgan fingerprint density at radius 1 is 1.13 bits per heavy atom. The van der Waals surface area contributed by atoms with Gasteiger partial charge in [-0.1, -0.05) is 23.2 Å². The van der Waals surface area contributed by atoms with Gasteiger partial charge in [-0.15, -0.1) is 0 Å². The van der Waals surface area contributed by atoms with Crippen molar-refractivity contribution in [3.63, 3.8) is 0 Å². The predicted molar refractivity (Wildman–Crippen MR) is 95.8 cm³/mol. The topological polar surface area (TPSA) is 19.0 Å². The molecular weight excluding hydrogens is 333 g/mol. The molecule has 0 spiro atoms. The van der Waals surface area contributed by atoms with Crippen LogP contribution >= 0.6 is 23.2 Å². The van der Waals surface area contributed by atoms with E-state index in [1.165, 1.54) is 32.6 Å². The van der Waals surface area contributed by atoms with E-state index in [0.29, 0.717) is 16.1 Å². The van der Waals surface area contributed by atoms with Crippen LogP contribution in [0.5, 0.6) is 5.75 Å². The number of piperazine rings is 1. The van der Waals surface area contributed by atoms with Crippen LogP contribution in [-0.4, -0.2) is 74.2 Å². The number of hydrogen-bond donors (Lipinski definition) is 0. The van der Waals surface area contributed by atoms with Crippen LogP contribution in [0.4, 0.5) is 0 Å². The van der Waals surface area contributed by atoms with Gasteiger partial charge in [0.05, 0.1) is 12.1 Å². The summed E-state index contributed by atoms with van der Waals surface area (Å²) in [6.07, 6.45) is 1.24. The molecule has 128 valence electrons. The first-order chi connectivity index (χ1) is 11.1. The molecule has 0 aromatic heterocycles. The zero-order valence-electron chi connectivity index (χ0n) is 13.9. The third-order valence-electron chi connectivity index (χ3n) is 4.99. The van der Waals surface area contributed by atoms with Gasteiger partial charge < -0.3 is 9.64 Å². The van der Waals surface area contributed by atoms with Gasteiger partial charge in [-0.05, 0) is 25.6 Å². The van der Waals surface area contributed by atoms with Gasteiger partial charge >= 0.3 is 0 Å². The molecule has 0 saturated carbocycles. The summed E-state index contributed by atoms with van der Waals surface area (Å²) >= 11 is 12.4. The predicted octanol–water partition coefficient (Wildman–Crippen LogP) is 2.82. The van der Waals surface area contributed by atoms with Gasteiger partial charge in [-0.3, -0.25) is 9.80 Å². The summed E-state index contributed by atoms with van der Waals surface area (Å²) in [6.45, 7) is 7.78. The summed E-state index contributed by atoms with van der Waals surface area (Å²) in [4.78, 5) is 7.53. The van der Waals surface area contributed by atoms with E-state index in [2.05, 4.69) is 21.7 Å². The molecule has 0 amide bonds. The van der Waals surface area contributed by atoms with Crippen molar-refractivity contribution >= 4 is 23.2 Å². The molecule has 2 heterocycles. The van der Waals surface area contributed by atoms with E-state index >= 15 is 0 Å². The smallest absolute Gasteiger partial charge is 0.142 e. The van der Waals surface area contributed by atoms with E-state index in [0.717, 1.165) is 30.9 Å². The number of benzene rings is 1. The minimum atomic E-state index is 0.588. The Hall–Kier alpha value is -0.520. The number of methoxy groups -OCH3 is 1. The van der Waals surface area contributed by atoms with E-state index in [1.807, 2.05) is 6.07 Å². The molecule has 6 heteroatoms. The molecule has 23 heavy (non-hydrogen) atoms. The van der Waals surface area contributed by atoms with Gasteiger partial charge in [0.2, 0.25) is 0 Å². The van der Waals surface area contributed by atoms with E-state index in [-0.39, 0.29) is 0 Å². The molecule has 2 fully saturated rings. The maximum atomic E-state index is 6.24. The fraction of sp³-hybridized carbons (Fsp3) is 0.647. The summed E-state index contributed by atoms with van der Waals surface area (Å²) in [7, 11) is 3.86. The number of nitrogens with zero attached hydrogens (tertiary/aromatic N) is 3. The van der Waals surface area contributed by atoms with Crippen molar-refractivity contribution in [1.82, 2.24) is 14.7 Å². The molecule has 4 nitrogen and oxygen atoms in total. The summed E-state index contributed by atoms with van der Waals surface area (Å²) in [5.74, 6) is 0.749. The summed E-state index contributed by atoms with van der Waals surface area (Å²) < 4.78 is 5.46. The molecule has 0 N–H and O–H groups in total. The van der Waals surface area contributed by atoms with Crippen molar-refractivity contribution in [3.05, 3.63) is 27.7 Å². The number of likely N-dealkylation sites (N-methyl/N-ethyl adjacent to an activating group) is 1. The van der Waals surface area contributed by atoms with Gasteiger partial charge in [0.1, 0.15) is 5.75 Å². The zero-order valence-corrected chi connectivity index (χ0v) is 15.4. The fourth-order valence-corrected chi connectivity index (χ4v) is 4.25. The average molecular weight is 358 g/mol. The fourth-order valence-electron chi connectivity index (χ4n) is 3.64. The molecule has 2 aliphatic heterocycles. The van der Waals surface area contributed by atoms with Crippen LogP contribution in [0.15, 0.2) is 12.1 Å². The molecule has 2 aliphatic rings. The molecule has 1 aromatic carbocycles. The van der Waals surface area contributed by atoms with Crippen molar-refractivity contribution in [2.45, 2.75) is 19.0 Å². The quantitative estimate of drug-likeness (QED) is 0.824. The van der Waals surface area contributed by atoms with Crippen LogP contribution < -0.4 is 4.74 Å². The number of hydrogen-bond acceptors (Lipinski definition) is 4. The zero-order chi connectivity index (χ0) is 16.4. The maximum Gasteiger partial charge on any atom is 0.142 e. The minimum absolute atomic E-state index is 0.588. The van der Waals surface area contributed by atoms with E-state index in [1.54, 1.807) is 13.2 Å². The van der Waals surface area contributed by atoms with Gasteiger partial charge in [0.15, 0.2) is 0 Å². The Balaban J connectivity index is 1.62. The molecule has 2 saturated heterocycles. The number of rotatable bonds is 4. The van der Waals surface area contributed by atoms with Crippen molar-refractivity contribution in [2.75, 3.05) is 53.4 Å². The Morgan fingerprint density at radius 2 is 1.87 bits per heavy atom. The van der Waals surface area contributed by atoms with Gasteiger partial charge in [-0.25, -0.2) is 0 Å². The first kappa shape index (κ1) is 17.3. The number of likely N-dealkylation sites (tertiary alicyclic amines) is 1. The average Bonchev–Trinajstić information content (AvgIpc) is 2.96. The summed E-state index contributed by atoms with van der Waals surface area (Å²) in [5.41, 5.74) is 1.07. The Morgan fingerprint density at radius 3 is 2.57 bits per heavy atom. The van der Waals surface area contributed by atoms with Gasteiger partial charge in [-0.2, -0.15) is 0 Å². The van der Waals surface area contributed by atoms with Gasteiger partial charge in [0, 0.05) is 62.4 Å². The Labute approximate surface area is 148 Å². The van der Waals surface area contributed by atoms with Crippen LogP contribution in [0.2, 0.25) is 10.0 Å². The van der Waals surface area contributed by atoms with Crippen molar-refractivity contribution in [3.8, 4) is 5.75 Å². The van der Waals surface area contributed by atoms with Gasteiger partial charge in [0.25, 0.3) is 0 Å². The van der Waals surface area contributed by atoms with Crippen LogP contribution in [0, 0.1) is 0 Å². The largest absolute Gasteiger partial charge is 0.495 e. The third-order valence-corrected chi connectivity index (χ3v) is 5.48. The normalized spacial score (nSPS) is 24.3. The molecular formula is C17H25Cl2N3O. The highest BCUT2D eigenvalue weighted by Gasteiger charge is 2.29. The summed E-state index contributed by atoms with van der Waals surface area (Å²) in [5, 5.41) is 1.26. The molecule has 0 unspecified atom stereocenters. The van der Waals surface area contributed by atoms with Crippen LogP contribution in [0.3, 0.4) is 0 Å². The lowest BCUT2D eigenvalue weighted by Crippen LogP contribution is -2.49. The standard InChI is InChI=1S/C17H25Cl2N3O/c1-20-5-7-22(8-6-20)15-3-4-21(12-15)11-13-9-14(18)10-16(19)17(13)23-2/h9-10,15H,3-8,11-12H2,1-2H3/t15-/m1/s1. The molecule has 1 aromatic rings. The third kappa shape index (κ3) is 4.12. The minimum Gasteiger partial charge on any atom is -0.495 e. The molecule has 1 atom stereocenters. The van der Waals surface area contributed by atoms with Crippen molar-refractivity contribution in [2.24, 2.45) is 0 Å². The molecule has 0 radical (unpaired) electrons. The van der Waals surface area contributed by atoms with E-state index < -0.39 is 0 Å². The van der Waals surface area contributed by atoms with Crippen LogP contribution in [-0.2, 0) is 6.54 Å². The molecule has 3 rings (SSSR count). The van der Waals surface area contributed by atoms with E-state index in [4.69, 9.17) is 27.9 Å². The van der Waals surface area contributed by atoms with Crippen molar-refractivity contribution < 1.29 is 4.74 Å². The lowest BCUT2D eigenvalue weighted by Gasteiger charge is -2.36. The van der Waals surface area contributed by atoms with Crippen molar-refractivity contribution in [1.29, 1.82) is 0 Å². The second-order valence-corrected chi connectivity index (χ2v) is 7.44. The Kier molecular flexibility index (Phi) is 5.70. The Bertz CT molecular complexity index is 547. The van der Waals surface area contributed by atoms with Crippen LogP contribution in [0.1, 0.15) is 12.0 Å². The molecule has 0 aliphatic carbocycles. The second kappa shape index (κ2) is 7.58. The maximum absolute atomic E-state index is 6.24. The SMILES string of the molecule is COc1c(Cl)cc(Cl)cc1CN1CC[C@@H](N2CCN(C)CC2)C1. The molecule has 0 bridgehead atoms. The highest BCUT2D eigenvalue weighted by Crippen LogP contribution is 2.33. The number of ether oxygens (including phenoxy) is 1. The number of halogens is 2. The first-order valence-electron chi connectivity index (χ1n) is 8.23. The van der Waals surface area contributed by atoms with E-state index in [9.17, 15) is 0 Å². The second-order valence-electron chi connectivity index (χ2n) is 6.60.